The first-order valence-electron chi connectivity index (χ1n) is 11.9. The van der Waals surface area contributed by atoms with Crippen molar-refractivity contribution in [1.82, 2.24) is 14.5 Å². The quantitative estimate of drug-likeness (QED) is 0.587. The Hall–Kier alpha value is -3.83. The van der Waals surface area contributed by atoms with Crippen molar-refractivity contribution in [3.05, 3.63) is 64.2 Å². The molecule has 178 valence electrons. The highest BCUT2D eigenvalue weighted by atomic mass is 16.6. The molecule has 1 N–H and O–H groups in total. The number of rotatable bonds is 3. The summed E-state index contributed by atoms with van der Waals surface area (Å²) in [5.74, 6) is 7.50. The third-order valence-electron chi connectivity index (χ3n) is 6.70. The van der Waals surface area contributed by atoms with Gasteiger partial charge in [0.2, 0.25) is 5.88 Å². The largest absolute Gasteiger partial charge is 0.478 e. The van der Waals surface area contributed by atoms with E-state index in [1.54, 1.807) is 29.0 Å². The third kappa shape index (κ3) is 4.35. The monoisotopic (exact) mass is 471 g/mol. The Balaban J connectivity index is 1.21. The van der Waals surface area contributed by atoms with Crippen molar-refractivity contribution in [2.45, 2.75) is 50.4 Å². The maximum Gasteiger partial charge on any atom is 0.351 e. The van der Waals surface area contributed by atoms with Gasteiger partial charge in [-0.25, -0.2) is 9.78 Å². The van der Waals surface area contributed by atoms with Gasteiger partial charge in [0, 0.05) is 29.9 Å². The van der Waals surface area contributed by atoms with Crippen molar-refractivity contribution in [3.63, 3.8) is 0 Å². The summed E-state index contributed by atoms with van der Waals surface area (Å²) in [5, 5.41) is 10.5. The molecule has 1 atom stereocenters. The standard InChI is InChI=1S/C27H25N3O5/c31-26-29-24(33-16-20-17-34-25-23(35-20)4-3-12-28-25)15-22-21-6-5-18(14-19(21)8-13-30(22)26)7-11-27(32)9-1-2-10-27/h3-6,12,14-15,20,32H,1-2,8-10,13,16-17H2. The van der Waals surface area contributed by atoms with E-state index in [9.17, 15) is 9.90 Å². The lowest BCUT2D eigenvalue weighted by Crippen LogP contribution is -2.35. The molecular weight excluding hydrogens is 446 g/mol. The molecule has 8 heteroatoms. The predicted octanol–water partition coefficient (Wildman–Crippen LogP) is 2.74. The SMILES string of the molecule is O=c1nc(OCC2COc3ncccc3O2)cc2n1CCc1cc(C#CC3(O)CCCC3)ccc1-2. The van der Waals surface area contributed by atoms with E-state index in [1.807, 2.05) is 18.2 Å². The van der Waals surface area contributed by atoms with Crippen molar-refractivity contribution in [1.29, 1.82) is 0 Å². The molecule has 0 radical (unpaired) electrons. The summed E-state index contributed by atoms with van der Waals surface area (Å²) < 4.78 is 19.0. The molecule has 35 heavy (non-hydrogen) atoms. The first-order valence-corrected chi connectivity index (χ1v) is 11.9. The minimum absolute atomic E-state index is 0.189. The first kappa shape index (κ1) is 21.7. The van der Waals surface area contributed by atoms with Crippen molar-refractivity contribution in [2.24, 2.45) is 0 Å². The number of fused-ring (bicyclic) bond motifs is 4. The fourth-order valence-electron chi connectivity index (χ4n) is 4.85. The molecule has 1 saturated carbocycles. The number of hydrogen-bond acceptors (Lipinski definition) is 7. The normalized spacial score (nSPS) is 19.2. The van der Waals surface area contributed by atoms with Crippen LogP contribution in [0.3, 0.4) is 0 Å². The maximum absolute atomic E-state index is 12.7. The van der Waals surface area contributed by atoms with Gasteiger partial charge in [0.25, 0.3) is 5.88 Å². The van der Waals surface area contributed by atoms with Crippen molar-refractivity contribution in [3.8, 4) is 40.6 Å². The summed E-state index contributed by atoms with van der Waals surface area (Å²) in [5.41, 5.74) is 2.51. The lowest BCUT2D eigenvalue weighted by Gasteiger charge is -2.25. The molecule has 1 aromatic carbocycles. The molecular formula is C27H25N3O5. The van der Waals surface area contributed by atoms with Crippen molar-refractivity contribution in [2.75, 3.05) is 13.2 Å². The van der Waals surface area contributed by atoms with Gasteiger partial charge >= 0.3 is 5.69 Å². The smallest absolute Gasteiger partial charge is 0.351 e. The van der Waals surface area contributed by atoms with E-state index in [0.29, 0.717) is 31.2 Å². The fraction of sp³-hybridized carbons (Fsp3) is 0.370. The van der Waals surface area contributed by atoms with Crippen LogP contribution in [0, 0.1) is 11.8 Å². The van der Waals surface area contributed by atoms with Crippen molar-refractivity contribution >= 4 is 0 Å². The van der Waals surface area contributed by atoms with Crippen molar-refractivity contribution < 1.29 is 19.3 Å². The molecule has 6 rings (SSSR count). The summed E-state index contributed by atoms with van der Waals surface area (Å²) >= 11 is 0. The maximum atomic E-state index is 12.7. The van der Waals surface area contributed by atoms with E-state index in [1.165, 1.54) is 0 Å². The van der Waals surface area contributed by atoms with Crippen LogP contribution in [0.1, 0.15) is 36.8 Å². The van der Waals surface area contributed by atoms with E-state index in [4.69, 9.17) is 14.2 Å². The van der Waals surface area contributed by atoms with E-state index in [0.717, 1.165) is 48.1 Å². The predicted molar refractivity (Wildman–Crippen MR) is 128 cm³/mol. The number of aliphatic hydroxyl groups is 1. The summed E-state index contributed by atoms with van der Waals surface area (Å²) in [6, 6.07) is 11.3. The topological polar surface area (TPSA) is 95.7 Å². The van der Waals surface area contributed by atoms with E-state index in [-0.39, 0.29) is 24.3 Å². The Kier molecular flexibility index (Phi) is 5.42. The lowest BCUT2D eigenvalue weighted by atomic mass is 9.95. The second-order valence-electron chi connectivity index (χ2n) is 9.19. The summed E-state index contributed by atoms with van der Waals surface area (Å²) in [7, 11) is 0. The number of benzene rings is 1. The van der Waals surface area contributed by atoms with Crippen LogP contribution in [0.5, 0.6) is 17.5 Å². The number of nitrogens with zero attached hydrogens (tertiary/aromatic N) is 3. The molecule has 1 unspecified atom stereocenters. The molecule has 0 saturated heterocycles. The molecule has 8 nitrogen and oxygen atoms in total. The van der Waals surface area contributed by atoms with E-state index in [2.05, 4.69) is 21.8 Å². The minimum atomic E-state index is -0.862. The number of ether oxygens (including phenoxy) is 3. The van der Waals surface area contributed by atoms with Crippen LogP contribution in [-0.4, -0.2) is 44.6 Å². The van der Waals surface area contributed by atoms with Gasteiger partial charge in [-0.3, -0.25) is 4.57 Å². The highest BCUT2D eigenvalue weighted by Crippen LogP contribution is 2.32. The zero-order valence-corrected chi connectivity index (χ0v) is 19.2. The van der Waals surface area contributed by atoms with Crippen LogP contribution in [0.2, 0.25) is 0 Å². The summed E-state index contributed by atoms with van der Waals surface area (Å²) in [6.45, 7) is 1.03. The zero-order chi connectivity index (χ0) is 23.8. The van der Waals surface area contributed by atoms with Crippen LogP contribution < -0.4 is 19.9 Å². The first-order chi connectivity index (χ1) is 17.1. The molecule has 2 aliphatic heterocycles. The molecule has 3 aliphatic rings. The fourth-order valence-corrected chi connectivity index (χ4v) is 4.85. The van der Waals surface area contributed by atoms with E-state index >= 15 is 0 Å². The molecule has 1 fully saturated rings. The van der Waals surface area contributed by atoms with Gasteiger partial charge in [-0.15, -0.1) is 0 Å². The van der Waals surface area contributed by atoms with Crippen LogP contribution >= 0.6 is 0 Å². The highest BCUT2D eigenvalue weighted by Gasteiger charge is 2.29. The molecule has 0 spiro atoms. The molecule has 4 heterocycles. The molecule has 3 aromatic rings. The zero-order valence-electron chi connectivity index (χ0n) is 19.2. The molecule has 0 amide bonds. The highest BCUT2D eigenvalue weighted by molar-refractivity contribution is 5.68. The van der Waals surface area contributed by atoms with Crippen LogP contribution in [0.25, 0.3) is 11.3 Å². The molecule has 0 bridgehead atoms. The Morgan fingerprint density at radius 3 is 3.00 bits per heavy atom. The molecule has 1 aliphatic carbocycles. The third-order valence-corrected chi connectivity index (χ3v) is 6.70. The Morgan fingerprint density at radius 2 is 2.11 bits per heavy atom. The molecule has 2 aromatic heterocycles. The van der Waals surface area contributed by atoms with Crippen LogP contribution in [0.4, 0.5) is 0 Å². The average molecular weight is 472 g/mol. The number of hydrogen-bond donors (Lipinski definition) is 1. The minimum Gasteiger partial charge on any atom is -0.478 e. The van der Waals surface area contributed by atoms with Gasteiger partial charge in [0.05, 0.1) is 5.69 Å². The van der Waals surface area contributed by atoms with Gasteiger partial charge in [-0.1, -0.05) is 17.9 Å². The Bertz CT molecular complexity index is 1400. The van der Waals surface area contributed by atoms with Gasteiger partial charge in [0.15, 0.2) is 11.9 Å². The summed E-state index contributed by atoms with van der Waals surface area (Å²) in [4.78, 5) is 21.0. The van der Waals surface area contributed by atoms with Gasteiger partial charge in [-0.05, 0) is 61.9 Å². The van der Waals surface area contributed by atoms with Gasteiger partial charge in [-0.2, -0.15) is 4.98 Å². The second kappa shape index (κ2) is 8.75. The Morgan fingerprint density at radius 1 is 1.23 bits per heavy atom. The van der Waals surface area contributed by atoms with E-state index < -0.39 is 5.60 Å². The average Bonchev–Trinajstić information content (AvgIpc) is 3.32. The van der Waals surface area contributed by atoms with Gasteiger partial charge in [0.1, 0.15) is 18.8 Å². The number of aryl methyl sites for hydroxylation is 1. The number of pyridine rings is 1. The van der Waals surface area contributed by atoms with Crippen LogP contribution in [0.15, 0.2) is 47.4 Å². The second-order valence-corrected chi connectivity index (χ2v) is 9.19. The Labute approximate surface area is 202 Å². The van der Waals surface area contributed by atoms with Gasteiger partial charge < -0.3 is 19.3 Å². The van der Waals surface area contributed by atoms with Crippen LogP contribution in [-0.2, 0) is 13.0 Å². The lowest BCUT2D eigenvalue weighted by molar-refractivity contribution is 0.0486. The summed E-state index contributed by atoms with van der Waals surface area (Å²) in [6.07, 6.45) is 5.53. The number of aromatic nitrogens is 3.